The quantitative estimate of drug-likeness (QED) is 0.322. The van der Waals surface area contributed by atoms with Crippen molar-refractivity contribution < 1.29 is 21.8 Å². The molecule has 180 valence electrons. The van der Waals surface area contributed by atoms with Crippen LogP contribution in [0.1, 0.15) is 16.7 Å². The molecule has 1 unspecified atom stereocenters. The number of rotatable bonds is 10. The molecule has 9 nitrogen and oxygen atoms in total. The zero-order chi connectivity index (χ0) is 24.9. The lowest BCUT2D eigenvalue weighted by Crippen LogP contribution is -2.44. The SMILES string of the molecule is Cc1ccc(S(=O)(=O)NCC(Cc2ccc([N+](=O)[O-])cc2)NS(=O)(=O)c2ccc(C)cc2)cc1. The van der Waals surface area contributed by atoms with E-state index in [1.165, 1.54) is 48.5 Å². The van der Waals surface area contributed by atoms with Crippen LogP contribution in [0.25, 0.3) is 0 Å². The second kappa shape index (κ2) is 10.4. The number of sulfonamides is 2. The van der Waals surface area contributed by atoms with Crippen molar-refractivity contribution in [2.24, 2.45) is 0 Å². The smallest absolute Gasteiger partial charge is 0.258 e. The van der Waals surface area contributed by atoms with Crippen LogP contribution in [0.3, 0.4) is 0 Å². The number of nitrogens with one attached hydrogen (secondary N) is 2. The molecule has 0 saturated carbocycles. The van der Waals surface area contributed by atoms with Gasteiger partial charge in [-0.25, -0.2) is 26.3 Å². The van der Waals surface area contributed by atoms with Gasteiger partial charge in [0.05, 0.1) is 14.7 Å². The molecule has 0 aliphatic rings. The second-order valence-electron chi connectivity index (χ2n) is 7.92. The van der Waals surface area contributed by atoms with Gasteiger partial charge in [0.25, 0.3) is 5.69 Å². The molecule has 0 bridgehead atoms. The highest BCUT2D eigenvalue weighted by atomic mass is 32.2. The number of benzene rings is 3. The van der Waals surface area contributed by atoms with Gasteiger partial charge in [-0.3, -0.25) is 10.1 Å². The van der Waals surface area contributed by atoms with Gasteiger partial charge in [0.2, 0.25) is 20.0 Å². The van der Waals surface area contributed by atoms with Gasteiger partial charge in [0, 0.05) is 24.7 Å². The number of nitrogens with zero attached hydrogens (tertiary/aromatic N) is 1. The summed E-state index contributed by atoms with van der Waals surface area (Å²) in [5.74, 6) is 0. The minimum Gasteiger partial charge on any atom is -0.258 e. The molecule has 3 aromatic carbocycles. The van der Waals surface area contributed by atoms with Crippen LogP contribution in [-0.4, -0.2) is 34.3 Å². The molecule has 0 fully saturated rings. The summed E-state index contributed by atoms with van der Waals surface area (Å²) in [7, 11) is -7.83. The van der Waals surface area contributed by atoms with E-state index in [-0.39, 0.29) is 28.4 Å². The van der Waals surface area contributed by atoms with Crippen LogP contribution in [0.2, 0.25) is 0 Å². The maximum Gasteiger partial charge on any atom is 0.269 e. The highest BCUT2D eigenvalue weighted by Crippen LogP contribution is 2.16. The Morgan fingerprint density at radius 1 is 0.765 bits per heavy atom. The Kier molecular flexibility index (Phi) is 7.82. The lowest BCUT2D eigenvalue weighted by Gasteiger charge is -2.20. The number of aryl methyl sites for hydroxylation is 2. The summed E-state index contributed by atoms with van der Waals surface area (Å²) in [4.78, 5) is 10.5. The van der Waals surface area contributed by atoms with Gasteiger partial charge < -0.3 is 0 Å². The molecule has 0 saturated heterocycles. The van der Waals surface area contributed by atoms with Gasteiger partial charge in [-0.2, -0.15) is 0 Å². The first-order valence-corrected chi connectivity index (χ1v) is 13.3. The van der Waals surface area contributed by atoms with Crippen LogP contribution in [0, 0.1) is 24.0 Å². The largest absolute Gasteiger partial charge is 0.269 e. The predicted molar refractivity (Wildman–Crippen MR) is 128 cm³/mol. The Morgan fingerprint density at radius 3 is 1.71 bits per heavy atom. The van der Waals surface area contributed by atoms with E-state index in [9.17, 15) is 26.9 Å². The molecule has 3 aromatic rings. The third-order valence-corrected chi connectivity index (χ3v) is 8.11. The molecule has 0 aromatic heterocycles. The summed E-state index contributed by atoms with van der Waals surface area (Å²) in [6, 6.07) is 17.4. The fraction of sp³-hybridized carbons (Fsp3) is 0.217. The molecule has 0 amide bonds. The fourth-order valence-electron chi connectivity index (χ4n) is 3.21. The normalized spacial score (nSPS) is 12.9. The monoisotopic (exact) mass is 503 g/mol. The summed E-state index contributed by atoms with van der Waals surface area (Å²) in [5.41, 5.74) is 2.31. The molecule has 0 spiro atoms. The van der Waals surface area contributed by atoms with Crippen LogP contribution in [0.5, 0.6) is 0 Å². The molecule has 0 aliphatic heterocycles. The lowest BCUT2D eigenvalue weighted by atomic mass is 10.1. The fourth-order valence-corrected chi connectivity index (χ4v) is 5.53. The topological polar surface area (TPSA) is 135 Å². The van der Waals surface area contributed by atoms with Gasteiger partial charge >= 0.3 is 0 Å². The van der Waals surface area contributed by atoms with E-state index in [0.29, 0.717) is 5.56 Å². The third kappa shape index (κ3) is 6.70. The number of non-ortho nitro benzene ring substituents is 1. The Hall–Kier alpha value is -3.12. The van der Waals surface area contributed by atoms with Gasteiger partial charge in [0.15, 0.2) is 0 Å². The van der Waals surface area contributed by atoms with Crippen molar-refractivity contribution in [2.75, 3.05) is 6.54 Å². The summed E-state index contributed by atoms with van der Waals surface area (Å²) in [6.45, 7) is 3.45. The highest BCUT2D eigenvalue weighted by molar-refractivity contribution is 7.90. The standard InChI is InChI=1S/C23H25N3O6S2/c1-17-3-11-22(12-4-17)33(29,30)24-16-20(15-19-7-9-21(10-8-19)26(27)28)25-34(31,32)23-13-5-18(2)6-14-23/h3-14,20,24-25H,15-16H2,1-2H3. The van der Waals surface area contributed by atoms with Crippen molar-refractivity contribution in [3.8, 4) is 0 Å². The Bertz CT molecular complexity index is 1350. The zero-order valence-electron chi connectivity index (χ0n) is 18.6. The average Bonchev–Trinajstić information content (AvgIpc) is 2.78. The molecule has 0 heterocycles. The highest BCUT2D eigenvalue weighted by Gasteiger charge is 2.23. The summed E-state index contributed by atoms with van der Waals surface area (Å²) >= 11 is 0. The lowest BCUT2D eigenvalue weighted by molar-refractivity contribution is -0.384. The van der Waals surface area contributed by atoms with Gasteiger partial charge in [-0.1, -0.05) is 47.5 Å². The van der Waals surface area contributed by atoms with Crippen LogP contribution in [0.4, 0.5) is 5.69 Å². The van der Waals surface area contributed by atoms with Crippen molar-refractivity contribution in [1.29, 1.82) is 0 Å². The first-order valence-electron chi connectivity index (χ1n) is 10.3. The molecule has 0 aliphatic carbocycles. The Balaban J connectivity index is 1.83. The van der Waals surface area contributed by atoms with E-state index in [1.54, 1.807) is 24.3 Å². The molecular formula is C23H25N3O6S2. The summed E-state index contributed by atoms with van der Waals surface area (Å²) in [6.07, 6.45) is 0.111. The molecule has 1 atom stereocenters. The Labute approximate surface area is 199 Å². The third-order valence-electron chi connectivity index (χ3n) is 5.13. The van der Waals surface area contributed by atoms with Crippen LogP contribution >= 0.6 is 0 Å². The minimum absolute atomic E-state index is 0.0493. The molecule has 11 heteroatoms. The van der Waals surface area contributed by atoms with E-state index in [2.05, 4.69) is 9.44 Å². The van der Waals surface area contributed by atoms with Crippen molar-refractivity contribution in [3.63, 3.8) is 0 Å². The van der Waals surface area contributed by atoms with E-state index in [4.69, 9.17) is 0 Å². The van der Waals surface area contributed by atoms with Gasteiger partial charge in [-0.05, 0) is 50.1 Å². The van der Waals surface area contributed by atoms with Crippen LogP contribution < -0.4 is 9.44 Å². The van der Waals surface area contributed by atoms with Crippen molar-refractivity contribution >= 4 is 25.7 Å². The second-order valence-corrected chi connectivity index (χ2v) is 11.4. The number of hydrogen-bond donors (Lipinski definition) is 2. The molecule has 34 heavy (non-hydrogen) atoms. The first kappa shape index (κ1) is 25.5. The van der Waals surface area contributed by atoms with E-state index in [1.807, 2.05) is 13.8 Å². The van der Waals surface area contributed by atoms with Crippen molar-refractivity contribution in [1.82, 2.24) is 9.44 Å². The molecule has 2 N–H and O–H groups in total. The van der Waals surface area contributed by atoms with Gasteiger partial charge in [-0.15, -0.1) is 0 Å². The van der Waals surface area contributed by atoms with Crippen LogP contribution in [0.15, 0.2) is 82.6 Å². The maximum atomic E-state index is 12.9. The number of nitro groups is 1. The van der Waals surface area contributed by atoms with E-state index < -0.39 is 31.0 Å². The van der Waals surface area contributed by atoms with E-state index >= 15 is 0 Å². The van der Waals surface area contributed by atoms with Gasteiger partial charge in [0.1, 0.15) is 0 Å². The summed E-state index contributed by atoms with van der Waals surface area (Å²) < 4.78 is 56.4. The molecule has 0 radical (unpaired) electrons. The molecular weight excluding hydrogens is 478 g/mol. The zero-order valence-corrected chi connectivity index (χ0v) is 20.3. The van der Waals surface area contributed by atoms with Crippen molar-refractivity contribution in [3.05, 3.63) is 99.6 Å². The van der Waals surface area contributed by atoms with Crippen LogP contribution in [-0.2, 0) is 26.5 Å². The minimum atomic E-state index is -3.95. The van der Waals surface area contributed by atoms with Crippen molar-refractivity contribution in [2.45, 2.75) is 36.1 Å². The number of hydrogen-bond acceptors (Lipinski definition) is 6. The molecule has 3 rings (SSSR count). The van der Waals surface area contributed by atoms with E-state index in [0.717, 1.165) is 11.1 Å². The number of nitro benzene ring substituents is 1. The predicted octanol–water partition coefficient (Wildman–Crippen LogP) is 3.08. The first-order chi connectivity index (χ1) is 16.0. The maximum absolute atomic E-state index is 12.9. The average molecular weight is 504 g/mol. The summed E-state index contributed by atoms with van der Waals surface area (Å²) in [5, 5.41) is 10.9. The Morgan fingerprint density at radius 2 is 1.24 bits per heavy atom.